The standard InChI is InChI=1S/C16H20N2O2/c1-11-7-8-14(12(2)9-11)16(20)18-17-15(19)10-13-5-3-4-6-13/h3,5,7-9,13H,4,6,10H2,1-2H3,(H,17,19)(H,18,20). The van der Waals surface area contributed by atoms with Crippen LogP contribution in [0.1, 0.15) is 40.7 Å². The number of benzene rings is 1. The molecule has 2 amide bonds. The van der Waals surface area contributed by atoms with E-state index in [1.807, 2.05) is 26.0 Å². The first-order valence-corrected chi connectivity index (χ1v) is 6.89. The summed E-state index contributed by atoms with van der Waals surface area (Å²) in [4.78, 5) is 23.7. The van der Waals surface area contributed by atoms with Gasteiger partial charge >= 0.3 is 0 Å². The molecule has 4 nitrogen and oxygen atoms in total. The van der Waals surface area contributed by atoms with E-state index in [0.29, 0.717) is 17.9 Å². The van der Waals surface area contributed by atoms with Gasteiger partial charge in [-0.05, 0) is 44.2 Å². The quantitative estimate of drug-likeness (QED) is 0.656. The number of carbonyl (C=O) groups is 2. The van der Waals surface area contributed by atoms with Gasteiger partial charge in [0.2, 0.25) is 5.91 Å². The zero-order valence-corrected chi connectivity index (χ0v) is 11.9. The topological polar surface area (TPSA) is 58.2 Å². The summed E-state index contributed by atoms with van der Waals surface area (Å²) in [6.45, 7) is 3.86. The van der Waals surface area contributed by atoms with Gasteiger partial charge in [-0.2, -0.15) is 0 Å². The maximum atomic E-state index is 12.0. The lowest BCUT2D eigenvalue weighted by molar-refractivity contribution is -0.122. The number of carbonyl (C=O) groups excluding carboxylic acids is 2. The summed E-state index contributed by atoms with van der Waals surface area (Å²) in [5.41, 5.74) is 7.53. The van der Waals surface area contributed by atoms with Gasteiger partial charge in [-0.1, -0.05) is 29.8 Å². The fourth-order valence-electron chi connectivity index (χ4n) is 2.42. The minimum absolute atomic E-state index is 0.153. The molecule has 106 valence electrons. The van der Waals surface area contributed by atoms with E-state index in [9.17, 15) is 9.59 Å². The molecule has 1 aliphatic rings. The molecule has 0 aliphatic heterocycles. The van der Waals surface area contributed by atoms with E-state index in [1.54, 1.807) is 6.07 Å². The van der Waals surface area contributed by atoms with Crippen molar-refractivity contribution in [2.24, 2.45) is 5.92 Å². The number of rotatable bonds is 3. The zero-order valence-electron chi connectivity index (χ0n) is 11.9. The van der Waals surface area contributed by atoms with Gasteiger partial charge in [0, 0.05) is 12.0 Å². The molecule has 1 aromatic carbocycles. The van der Waals surface area contributed by atoms with Crippen molar-refractivity contribution in [2.45, 2.75) is 33.1 Å². The van der Waals surface area contributed by atoms with Crippen LogP contribution >= 0.6 is 0 Å². The molecule has 2 N–H and O–H groups in total. The second-order valence-corrected chi connectivity index (χ2v) is 5.29. The molecule has 0 saturated heterocycles. The third kappa shape index (κ3) is 3.70. The fourth-order valence-corrected chi connectivity index (χ4v) is 2.42. The van der Waals surface area contributed by atoms with E-state index in [2.05, 4.69) is 23.0 Å². The van der Waals surface area contributed by atoms with Gasteiger partial charge in [0.25, 0.3) is 5.91 Å². The Morgan fingerprint density at radius 3 is 2.70 bits per heavy atom. The summed E-state index contributed by atoms with van der Waals surface area (Å²) in [5, 5.41) is 0. The third-order valence-electron chi connectivity index (χ3n) is 3.50. The average Bonchev–Trinajstić information content (AvgIpc) is 2.89. The molecule has 2 rings (SSSR count). The van der Waals surface area contributed by atoms with Crippen molar-refractivity contribution >= 4 is 11.8 Å². The highest BCUT2D eigenvalue weighted by molar-refractivity contribution is 5.96. The molecule has 0 saturated carbocycles. The predicted octanol–water partition coefficient (Wildman–Crippen LogP) is 2.42. The largest absolute Gasteiger partial charge is 0.273 e. The van der Waals surface area contributed by atoms with E-state index in [1.165, 1.54) is 0 Å². The van der Waals surface area contributed by atoms with E-state index < -0.39 is 0 Å². The number of hydrogen-bond donors (Lipinski definition) is 2. The molecule has 0 fully saturated rings. The Labute approximate surface area is 119 Å². The van der Waals surface area contributed by atoms with E-state index >= 15 is 0 Å². The SMILES string of the molecule is Cc1ccc(C(=O)NNC(=O)CC2C=CCC2)c(C)c1. The van der Waals surface area contributed by atoms with Crippen LogP contribution in [0.3, 0.4) is 0 Å². The average molecular weight is 272 g/mol. The van der Waals surface area contributed by atoms with Crippen LogP contribution in [0.15, 0.2) is 30.4 Å². The number of hydrogen-bond acceptors (Lipinski definition) is 2. The minimum atomic E-state index is -0.280. The number of amides is 2. The highest BCUT2D eigenvalue weighted by atomic mass is 16.2. The Hall–Kier alpha value is -2.10. The van der Waals surface area contributed by atoms with E-state index in [4.69, 9.17) is 0 Å². The van der Waals surface area contributed by atoms with Gasteiger partial charge in [-0.25, -0.2) is 0 Å². The summed E-state index contributed by atoms with van der Waals surface area (Å²) in [6, 6.07) is 5.60. The Morgan fingerprint density at radius 2 is 2.05 bits per heavy atom. The van der Waals surface area contributed by atoms with Gasteiger partial charge in [0.1, 0.15) is 0 Å². The molecule has 0 radical (unpaired) electrons. The summed E-state index contributed by atoms with van der Waals surface area (Å²) in [7, 11) is 0. The summed E-state index contributed by atoms with van der Waals surface area (Å²) < 4.78 is 0. The first-order chi connectivity index (χ1) is 9.56. The van der Waals surface area contributed by atoms with Crippen LogP contribution in [0.4, 0.5) is 0 Å². The van der Waals surface area contributed by atoms with Crippen LogP contribution in [0.25, 0.3) is 0 Å². The van der Waals surface area contributed by atoms with Crippen LogP contribution in [-0.2, 0) is 4.79 Å². The Bertz CT molecular complexity index is 549. The summed E-state index contributed by atoms with van der Waals surface area (Å²) in [6.07, 6.45) is 6.62. The Kier molecular flexibility index (Phi) is 4.56. The molecule has 0 bridgehead atoms. The molecule has 20 heavy (non-hydrogen) atoms. The van der Waals surface area contributed by atoms with Crippen LogP contribution in [0.2, 0.25) is 0 Å². The van der Waals surface area contributed by atoms with E-state index in [-0.39, 0.29) is 11.8 Å². The number of hydrazine groups is 1. The number of nitrogens with one attached hydrogen (secondary N) is 2. The minimum Gasteiger partial charge on any atom is -0.273 e. The van der Waals surface area contributed by atoms with Crippen molar-refractivity contribution in [3.63, 3.8) is 0 Å². The third-order valence-corrected chi connectivity index (χ3v) is 3.50. The zero-order chi connectivity index (χ0) is 14.5. The lowest BCUT2D eigenvalue weighted by Crippen LogP contribution is -2.42. The Morgan fingerprint density at radius 1 is 1.25 bits per heavy atom. The van der Waals surface area contributed by atoms with Crippen molar-refractivity contribution in [1.29, 1.82) is 0 Å². The number of allylic oxidation sites excluding steroid dienone is 2. The highest BCUT2D eigenvalue weighted by Crippen LogP contribution is 2.19. The molecule has 0 heterocycles. The molecule has 0 aromatic heterocycles. The van der Waals surface area contributed by atoms with Gasteiger partial charge in [-0.3, -0.25) is 20.4 Å². The Balaban J connectivity index is 1.85. The van der Waals surface area contributed by atoms with Crippen molar-refractivity contribution in [2.75, 3.05) is 0 Å². The van der Waals surface area contributed by atoms with Crippen LogP contribution in [0.5, 0.6) is 0 Å². The normalized spacial score (nSPS) is 17.0. The van der Waals surface area contributed by atoms with Crippen LogP contribution < -0.4 is 10.9 Å². The maximum Gasteiger partial charge on any atom is 0.269 e. The molecule has 1 unspecified atom stereocenters. The van der Waals surface area contributed by atoms with Crippen molar-refractivity contribution < 1.29 is 9.59 Å². The molecule has 4 heteroatoms. The second-order valence-electron chi connectivity index (χ2n) is 5.29. The van der Waals surface area contributed by atoms with Crippen molar-refractivity contribution in [3.05, 3.63) is 47.0 Å². The summed E-state index contributed by atoms with van der Waals surface area (Å²) in [5.74, 6) is -0.134. The van der Waals surface area contributed by atoms with Gasteiger partial charge in [0.05, 0.1) is 0 Å². The molecule has 1 atom stereocenters. The smallest absolute Gasteiger partial charge is 0.269 e. The van der Waals surface area contributed by atoms with Gasteiger partial charge in [0.15, 0.2) is 0 Å². The van der Waals surface area contributed by atoms with E-state index in [0.717, 1.165) is 24.0 Å². The van der Waals surface area contributed by atoms with Crippen LogP contribution in [-0.4, -0.2) is 11.8 Å². The molecule has 1 aliphatic carbocycles. The molecular formula is C16H20N2O2. The maximum absolute atomic E-state index is 12.0. The lowest BCUT2D eigenvalue weighted by atomic mass is 10.1. The van der Waals surface area contributed by atoms with Gasteiger partial charge < -0.3 is 0 Å². The second kappa shape index (κ2) is 6.37. The first-order valence-electron chi connectivity index (χ1n) is 6.89. The molecule has 0 spiro atoms. The van der Waals surface area contributed by atoms with Gasteiger partial charge in [-0.15, -0.1) is 0 Å². The van der Waals surface area contributed by atoms with Crippen molar-refractivity contribution in [3.8, 4) is 0 Å². The highest BCUT2D eigenvalue weighted by Gasteiger charge is 2.15. The molecular weight excluding hydrogens is 252 g/mol. The first kappa shape index (κ1) is 14.3. The predicted molar refractivity (Wildman–Crippen MR) is 78.0 cm³/mol. The number of aryl methyl sites for hydroxylation is 2. The van der Waals surface area contributed by atoms with Crippen molar-refractivity contribution in [1.82, 2.24) is 10.9 Å². The molecule has 1 aromatic rings. The fraction of sp³-hybridized carbons (Fsp3) is 0.375. The lowest BCUT2D eigenvalue weighted by Gasteiger charge is -2.11. The monoisotopic (exact) mass is 272 g/mol. The summed E-state index contributed by atoms with van der Waals surface area (Å²) >= 11 is 0. The van der Waals surface area contributed by atoms with Crippen LogP contribution in [0, 0.1) is 19.8 Å².